The molecule has 1 aromatic heterocycles. The van der Waals surface area contributed by atoms with Crippen molar-refractivity contribution in [2.75, 3.05) is 12.3 Å². The molecule has 1 N–H and O–H groups in total. The summed E-state index contributed by atoms with van der Waals surface area (Å²) in [5.74, 6) is 1.56. The van der Waals surface area contributed by atoms with Crippen LogP contribution in [0.1, 0.15) is 15.9 Å². The van der Waals surface area contributed by atoms with Gasteiger partial charge >= 0.3 is 6.61 Å². The molecule has 1 amide bonds. The smallest absolute Gasteiger partial charge is 0.387 e. The molecule has 0 radical (unpaired) electrons. The minimum absolute atomic E-state index is 0.0397. The predicted molar refractivity (Wildman–Crippen MR) is 85.9 cm³/mol. The fourth-order valence-electron chi connectivity index (χ4n) is 1.69. The Morgan fingerprint density at radius 1 is 1.27 bits per heavy atom. The van der Waals surface area contributed by atoms with E-state index in [-0.39, 0.29) is 11.7 Å². The highest BCUT2D eigenvalue weighted by molar-refractivity contribution is 7.98. The fraction of sp³-hybridized carbons (Fsp3) is 0.267. The number of carbonyl (C=O) groups excluding carboxylic acids is 1. The number of hydrogen-bond donors (Lipinski definition) is 1. The van der Waals surface area contributed by atoms with Gasteiger partial charge in [-0.2, -0.15) is 31.9 Å². The summed E-state index contributed by atoms with van der Waals surface area (Å²) in [6, 6.07) is 7.72. The van der Waals surface area contributed by atoms with Crippen molar-refractivity contribution in [3.63, 3.8) is 0 Å². The van der Waals surface area contributed by atoms with Gasteiger partial charge in [-0.15, -0.1) is 0 Å². The monoisotopic (exact) mass is 343 g/mol. The summed E-state index contributed by atoms with van der Waals surface area (Å²) < 4.78 is 28.3. The van der Waals surface area contributed by atoms with E-state index >= 15 is 0 Å². The molecule has 0 saturated heterocycles. The zero-order valence-electron chi connectivity index (χ0n) is 11.6. The lowest BCUT2D eigenvalue weighted by Gasteiger charge is -2.07. The summed E-state index contributed by atoms with van der Waals surface area (Å²) >= 11 is 3.42. The molecule has 0 aliphatic carbocycles. The van der Waals surface area contributed by atoms with Crippen LogP contribution in [-0.4, -0.2) is 24.8 Å². The van der Waals surface area contributed by atoms with Gasteiger partial charge in [0.15, 0.2) is 0 Å². The number of ether oxygens (including phenoxy) is 1. The molecule has 1 heterocycles. The molecule has 1 aromatic carbocycles. The molecule has 0 saturated carbocycles. The van der Waals surface area contributed by atoms with E-state index in [4.69, 9.17) is 0 Å². The Morgan fingerprint density at radius 3 is 2.68 bits per heavy atom. The van der Waals surface area contributed by atoms with Gasteiger partial charge in [0.1, 0.15) is 5.75 Å². The Kier molecular flexibility index (Phi) is 6.67. The van der Waals surface area contributed by atoms with Crippen molar-refractivity contribution in [3.8, 4) is 5.75 Å². The Hall–Kier alpha value is -1.60. The Bertz CT molecular complexity index is 574. The average molecular weight is 343 g/mol. The molecule has 2 aromatic rings. The molecule has 118 valence electrons. The van der Waals surface area contributed by atoms with Crippen molar-refractivity contribution in [1.29, 1.82) is 0 Å². The summed E-state index contributed by atoms with van der Waals surface area (Å²) in [6.45, 7) is -2.30. The summed E-state index contributed by atoms with van der Waals surface area (Å²) in [5.41, 5.74) is 1.71. The standard InChI is InChI=1S/C15H15F2NO2S2/c16-15(17)20-13-3-1-12(2-4-13)14(19)18-6-8-22-10-11-5-7-21-9-11/h1-5,7,9,15H,6,8,10H2,(H,18,19). The third kappa shape index (κ3) is 5.65. The van der Waals surface area contributed by atoms with Crippen LogP contribution in [0.25, 0.3) is 0 Å². The molecule has 0 aliphatic heterocycles. The zero-order valence-corrected chi connectivity index (χ0v) is 13.3. The molecule has 0 unspecified atom stereocenters. The van der Waals surface area contributed by atoms with Gasteiger partial charge in [-0.25, -0.2) is 0 Å². The molecule has 3 nitrogen and oxygen atoms in total. The van der Waals surface area contributed by atoms with Gasteiger partial charge in [0.2, 0.25) is 0 Å². The van der Waals surface area contributed by atoms with E-state index in [1.807, 2.05) is 5.38 Å². The van der Waals surface area contributed by atoms with E-state index in [0.717, 1.165) is 11.5 Å². The Morgan fingerprint density at radius 2 is 2.05 bits per heavy atom. The third-order valence-corrected chi connectivity index (χ3v) is 4.48. The highest BCUT2D eigenvalue weighted by atomic mass is 32.2. The SMILES string of the molecule is O=C(NCCSCc1ccsc1)c1ccc(OC(F)F)cc1. The Balaban J connectivity index is 1.68. The molecule has 22 heavy (non-hydrogen) atoms. The quantitative estimate of drug-likeness (QED) is 0.736. The molecule has 2 rings (SSSR count). The van der Waals surface area contributed by atoms with E-state index in [1.165, 1.54) is 29.8 Å². The second-order valence-corrected chi connectivity index (χ2v) is 6.23. The Labute approximate surface area is 135 Å². The van der Waals surface area contributed by atoms with E-state index in [2.05, 4.69) is 21.5 Å². The van der Waals surface area contributed by atoms with Crippen LogP contribution in [0.15, 0.2) is 41.1 Å². The van der Waals surface area contributed by atoms with Crippen molar-refractivity contribution < 1.29 is 18.3 Å². The van der Waals surface area contributed by atoms with Crippen LogP contribution >= 0.6 is 23.1 Å². The van der Waals surface area contributed by atoms with E-state index in [1.54, 1.807) is 23.1 Å². The first kappa shape index (κ1) is 16.8. The van der Waals surface area contributed by atoms with Gasteiger partial charge in [0, 0.05) is 23.6 Å². The third-order valence-electron chi connectivity index (χ3n) is 2.72. The number of amides is 1. The maximum absolute atomic E-state index is 12.0. The van der Waals surface area contributed by atoms with Gasteiger partial charge in [-0.05, 0) is 46.7 Å². The van der Waals surface area contributed by atoms with E-state index < -0.39 is 6.61 Å². The summed E-state index contributed by atoms with van der Waals surface area (Å²) in [7, 11) is 0. The average Bonchev–Trinajstić information content (AvgIpc) is 3.00. The lowest BCUT2D eigenvalue weighted by molar-refractivity contribution is -0.0498. The molecule has 0 aliphatic rings. The lowest BCUT2D eigenvalue weighted by atomic mass is 10.2. The fourth-order valence-corrected chi connectivity index (χ4v) is 3.27. The summed E-state index contributed by atoms with van der Waals surface area (Å²) in [5, 5.41) is 6.94. The topological polar surface area (TPSA) is 38.3 Å². The first-order valence-corrected chi connectivity index (χ1v) is 8.67. The first-order chi connectivity index (χ1) is 10.6. The summed E-state index contributed by atoms with van der Waals surface area (Å²) in [6.07, 6.45) is 0. The van der Waals surface area contributed by atoms with Crippen LogP contribution in [0, 0.1) is 0 Å². The van der Waals surface area contributed by atoms with E-state index in [9.17, 15) is 13.6 Å². The number of nitrogens with one attached hydrogen (secondary N) is 1. The minimum Gasteiger partial charge on any atom is -0.435 e. The molecule has 0 bridgehead atoms. The number of halogens is 2. The number of thiophene rings is 1. The van der Waals surface area contributed by atoms with Gasteiger partial charge in [0.25, 0.3) is 5.91 Å². The van der Waals surface area contributed by atoms with Crippen LogP contribution in [0.3, 0.4) is 0 Å². The maximum atomic E-state index is 12.0. The number of rotatable bonds is 8. The first-order valence-electron chi connectivity index (χ1n) is 6.57. The maximum Gasteiger partial charge on any atom is 0.387 e. The molecule has 0 spiro atoms. The van der Waals surface area contributed by atoms with Crippen molar-refractivity contribution in [2.24, 2.45) is 0 Å². The normalized spacial score (nSPS) is 10.7. The number of benzene rings is 1. The van der Waals surface area contributed by atoms with Gasteiger partial charge < -0.3 is 10.1 Å². The number of hydrogen-bond acceptors (Lipinski definition) is 4. The summed E-state index contributed by atoms with van der Waals surface area (Å²) in [4.78, 5) is 11.9. The van der Waals surface area contributed by atoms with Crippen LogP contribution < -0.4 is 10.1 Å². The van der Waals surface area contributed by atoms with Crippen LogP contribution in [0.4, 0.5) is 8.78 Å². The highest BCUT2D eigenvalue weighted by Crippen LogP contribution is 2.16. The molecule has 7 heteroatoms. The minimum atomic E-state index is -2.86. The van der Waals surface area contributed by atoms with Crippen LogP contribution in [0.2, 0.25) is 0 Å². The van der Waals surface area contributed by atoms with Crippen LogP contribution in [-0.2, 0) is 5.75 Å². The van der Waals surface area contributed by atoms with Gasteiger partial charge in [-0.3, -0.25) is 4.79 Å². The van der Waals surface area contributed by atoms with Crippen molar-refractivity contribution in [1.82, 2.24) is 5.32 Å². The lowest BCUT2D eigenvalue weighted by Crippen LogP contribution is -2.25. The van der Waals surface area contributed by atoms with Crippen molar-refractivity contribution >= 4 is 29.0 Å². The predicted octanol–water partition coefficient (Wildman–Crippen LogP) is 4.01. The molecular formula is C15H15F2NO2S2. The largest absolute Gasteiger partial charge is 0.435 e. The number of carbonyl (C=O) groups is 1. The molecule has 0 atom stereocenters. The van der Waals surface area contributed by atoms with Crippen LogP contribution in [0.5, 0.6) is 5.75 Å². The number of thioether (sulfide) groups is 1. The molecule has 0 fully saturated rings. The van der Waals surface area contributed by atoms with Gasteiger partial charge in [0.05, 0.1) is 0 Å². The van der Waals surface area contributed by atoms with Crippen molar-refractivity contribution in [2.45, 2.75) is 12.4 Å². The van der Waals surface area contributed by atoms with E-state index in [0.29, 0.717) is 12.1 Å². The van der Waals surface area contributed by atoms with Crippen molar-refractivity contribution in [3.05, 3.63) is 52.2 Å². The van der Waals surface area contributed by atoms with Gasteiger partial charge in [-0.1, -0.05) is 0 Å². The zero-order chi connectivity index (χ0) is 15.8. The molecular weight excluding hydrogens is 328 g/mol. The second-order valence-electron chi connectivity index (χ2n) is 4.34. The number of alkyl halides is 2. The second kappa shape index (κ2) is 8.75. The highest BCUT2D eigenvalue weighted by Gasteiger charge is 2.07.